The highest BCUT2D eigenvalue weighted by Crippen LogP contribution is 2.29. The van der Waals surface area contributed by atoms with Crippen LogP contribution in [0.2, 0.25) is 20.1 Å². The molecule has 20 heavy (non-hydrogen) atoms. The van der Waals surface area contributed by atoms with Gasteiger partial charge in [0, 0.05) is 16.2 Å². The zero-order valence-electron chi connectivity index (χ0n) is 10.2. The molecule has 1 atom stereocenters. The highest BCUT2D eigenvalue weighted by Gasteiger charge is 2.17. The van der Waals surface area contributed by atoms with E-state index in [1.807, 2.05) is 0 Å². The first-order valence-corrected chi connectivity index (χ1v) is 7.23. The number of nitrogens with two attached hydrogens (primary N) is 1. The molecule has 2 aromatic rings. The number of hydrazine groups is 1. The molecule has 0 aliphatic heterocycles. The Kier molecular flexibility index (Phi) is 5.49. The van der Waals surface area contributed by atoms with Crippen LogP contribution in [-0.2, 0) is 6.42 Å². The van der Waals surface area contributed by atoms with Crippen molar-refractivity contribution in [1.29, 1.82) is 0 Å². The molecule has 1 unspecified atom stereocenters. The highest BCUT2D eigenvalue weighted by molar-refractivity contribution is 6.35. The van der Waals surface area contributed by atoms with Gasteiger partial charge in [-0.15, -0.1) is 0 Å². The first-order chi connectivity index (χ1) is 9.51. The molecule has 0 amide bonds. The summed E-state index contributed by atoms with van der Waals surface area (Å²) in [6.07, 6.45) is 2.02. The van der Waals surface area contributed by atoms with Crippen LogP contribution in [-0.4, -0.2) is 4.98 Å². The Bertz CT molecular complexity index is 619. The van der Waals surface area contributed by atoms with Gasteiger partial charge in [0.1, 0.15) is 0 Å². The third-order valence-corrected chi connectivity index (χ3v) is 3.91. The average Bonchev–Trinajstić information content (AvgIpc) is 2.40. The summed E-state index contributed by atoms with van der Waals surface area (Å²) in [6, 6.07) is 6.58. The smallest absolute Gasteiger partial charge is 0.0777 e. The van der Waals surface area contributed by atoms with E-state index in [-0.39, 0.29) is 6.04 Å². The fourth-order valence-electron chi connectivity index (χ4n) is 1.84. The number of rotatable bonds is 4. The van der Waals surface area contributed by atoms with Gasteiger partial charge in [0.2, 0.25) is 0 Å². The Labute approximate surface area is 137 Å². The molecule has 3 N–H and O–H groups in total. The minimum absolute atomic E-state index is 0.296. The molecular weight excluding hydrogens is 340 g/mol. The molecule has 0 saturated carbocycles. The third-order valence-electron chi connectivity index (χ3n) is 2.80. The van der Waals surface area contributed by atoms with Gasteiger partial charge in [0.25, 0.3) is 0 Å². The molecule has 2 rings (SSSR count). The number of pyridine rings is 1. The molecule has 106 valence electrons. The molecular formula is C13H11Cl4N3. The summed E-state index contributed by atoms with van der Waals surface area (Å²) in [5, 5.41) is 2.13. The Morgan fingerprint density at radius 2 is 1.80 bits per heavy atom. The van der Waals surface area contributed by atoms with Crippen molar-refractivity contribution in [2.24, 2.45) is 5.84 Å². The lowest BCUT2D eigenvalue weighted by atomic mass is 10.0. The summed E-state index contributed by atoms with van der Waals surface area (Å²) in [7, 11) is 0. The van der Waals surface area contributed by atoms with Crippen LogP contribution in [0.15, 0.2) is 30.5 Å². The Hall–Kier alpha value is -0.550. The van der Waals surface area contributed by atoms with Gasteiger partial charge in [-0.25, -0.2) is 0 Å². The van der Waals surface area contributed by atoms with Gasteiger partial charge in [-0.1, -0.05) is 46.4 Å². The Morgan fingerprint density at radius 1 is 1.05 bits per heavy atom. The van der Waals surface area contributed by atoms with Crippen molar-refractivity contribution < 1.29 is 0 Å². The monoisotopic (exact) mass is 349 g/mol. The standard InChI is InChI=1S/C13H11Cl4N3/c14-8-1-2-10(16)7(3-8)4-12(20-18)13-11(17)5-9(15)6-19-13/h1-3,5-6,12,20H,4,18H2. The number of halogens is 4. The summed E-state index contributed by atoms with van der Waals surface area (Å²) >= 11 is 24.1. The van der Waals surface area contributed by atoms with Crippen LogP contribution < -0.4 is 11.3 Å². The molecule has 1 aromatic heterocycles. The molecule has 7 heteroatoms. The fourth-order valence-corrected chi connectivity index (χ4v) is 2.74. The Morgan fingerprint density at radius 3 is 2.45 bits per heavy atom. The van der Waals surface area contributed by atoms with Crippen LogP contribution in [0.4, 0.5) is 0 Å². The number of benzene rings is 1. The van der Waals surface area contributed by atoms with E-state index in [2.05, 4.69) is 10.4 Å². The second kappa shape index (κ2) is 6.94. The maximum atomic E-state index is 6.15. The minimum Gasteiger partial charge on any atom is -0.271 e. The van der Waals surface area contributed by atoms with Crippen molar-refractivity contribution >= 4 is 46.4 Å². The van der Waals surface area contributed by atoms with Crippen LogP contribution >= 0.6 is 46.4 Å². The van der Waals surface area contributed by atoms with Gasteiger partial charge in [-0.05, 0) is 36.2 Å². The third kappa shape index (κ3) is 3.76. The number of hydrogen-bond acceptors (Lipinski definition) is 3. The molecule has 0 spiro atoms. The van der Waals surface area contributed by atoms with Crippen molar-refractivity contribution in [3.63, 3.8) is 0 Å². The quantitative estimate of drug-likeness (QED) is 0.633. The molecule has 0 saturated heterocycles. The highest BCUT2D eigenvalue weighted by atomic mass is 35.5. The van der Waals surface area contributed by atoms with E-state index in [1.54, 1.807) is 24.3 Å². The number of hydrogen-bond donors (Lipinski definition) is 2. The van der Waals surface area contributed by atoms with Gasteiger partial charge < -0.3 is 0 Å². The van der Waals surface area contributed by atoms with E-state index in [4.69, 9.17) is 52.2 Å². The molecule has 1 heterocycles. The summed E-state index contributed by atoms with van der Waals surface area (Å²) in [5.41, 5.74) is 4.14. The van der Waals surface area contributed by atoms with Crippen molar-refractivity contribution in [1.82, 2.24) is 10.4 Å². The summed E-state index contributed by atoms with van der Waals surface area (Å²) in [5.74, 6) is 5.59. The van der Waals surface area contributed by atoms with E-state index >= 15 is 0 Å². The number of aromatic nitrogens is 1. The van der Waals surface area contributed by atoms with E-state index in [0.29, 0.717) is 32.2 Å². The van der Waals surface area contributed by atoms with Crippen LogP contribution in [0.25, 0.3) is 0 Å². The first-order valence-electron chi connectivity index (χ1n) is 5.72. The van der Waals surface area contributed by atoms with E-state index < -0.39 is 0 Å². The van der Waals surface area contributed by atoms with Crippen molar-refractivity contribution in [2.75, 3.05) is 0 Å². The maximum absolute atomic E-state index is 6.15. The molecule has 0 radical (unpaired) electrons. The van der Waals surface area contributed by atoms with Crippen molar-refractivity contribution in [2.45, 2.75) is 12.5 Å². The summed E-state index contributed by atoms with van der Waals surface area (Å²) in [6.45, 7) is 0. The van der Waals surface area contributed by atoms with E-state index in [9.17, 15) is 0 Å². The average molecular weight is 351 g/mol. The maximum Gasteiger partial charge on any atom is 0.0777 e. The van der Waals surface area contributed by atoms with Gasteiger partial charge in [-0.2, -0.15) is 0 Å². The lowest BCUT2D eigenvalue weighted by Gasteiger charge is -2.17. The van der Waals surface area contributed by atoms with Gasteiger partial charge in [0.15, 0.2) is 0 Å². The van der Waals surface area contributed by atoms with Gasteiger partial charge in [0.05, 0.1) is 21.8 Å². The van der Waals surface area contributed by atoms with Crippen LogP contribution in [0.5, 0.6) is 0 Å². The second-order valence-electron chi connectivity index (χ2n) is 4.18. The van der Waals surface area contributed by atoms with Crippen molar-refractivity contribution in [3.8, 4) is 0 Å². The van der Waals surface area contributed by atoms with Crippen LogP contribution in [0.3, 0.4) is 0 Å². The predicted molar refractivity (Wildman–Crippen MR) is 84.5 cm³/mol. The first kappa shape index (κ1) is 15.8. The predicted octanol–water partition coefficient (Wildman–Crippen LogP) is 4.44. The zero-order chi connectivity index (χ0) is 14.7. The molecule has 0 bridgehead atoms. The lowest BCUT2D eigenvalue weighted by Crippen LogP contribution is -2.30. The minimum atomic E-state index is -0.296. The molecule has 0 fully saturated rings. The molecule has 0 aliphatic carbocycles. The van der Waals surface area contributed by atoms with Crippen molar-refractivity contribution in [3.05, 3.63) is 61.8 Å². The molecule has 3 nitrogen and oxygen atoms in total. The zero-order valence-corrected chi connectivity index (χ0v) is 13.2. The fraction of sp³-hybridized carbons (Fsp3) is 0.154. The largest absolute Gasteiger partial charge is 0.271 e. The Balaban J connectivity index is 2.31. The summed E-state index contributed by atoms with van der Waals surface area (Å²) < 4.78 is 0. The van der Waals surface area contributed by atoms with Gasteiger partial charge in [-0.3, -0.25) is 16.3 Å². The SMILES string of the molecule is NNC(Cc1cc(Cl)ccc1Cl)c1ncc(Cl)cc1Cl. The molecule has 0 aliphatic rings. The van der Waals surface area contributed by atoms with E-state index in [0.717, 1.165) is 5.56 Å². The number of nitrogens with zero attached hydrogens (tertiary/aromatic N) is 1. The summed E-state index contributed by atoms with van der Waals surface area (Å²) in [4.78, 5) is 4.21. The topological polar surface area (TPSA) is 50.9 Å². The van der Waals surface area contributed by atoms with E-state index in [1.165, 1.54) is 6.20 Å². The lowest BCUT2D eigenvalue weighted by molar-refractivity contribution is 0.538. The normalized spacial score (nSPS) is 12.4. The van der Waals surface area contributed by atoms with Gasteiger partial charge >= 0.3 is 0 Å². The number of nitrogens with one attached hydrogen (secondary N) is 1. The van der Waals surface area contributed by atoms with Crippen LogP contribution in [0, 0.1) is 0 Å². The second-order valence-corrected chi connectivity index (χ2v) is 5.87. The molecule has 1 aromatic carbocycles. The van der Waals surface area contributed by atoms with Crippen LogP contribution in [0.1, 0.15) is 17.3 Å².